The van der Waals surface area contributed by atoms with Crippen LogP contribution in [-0.4, -0.2) is 29.3 Å². The van der Waals surface area contributed by atoms with Gasteiger partial charge in [0, 0.05) is 17.2 Å². The Morgan fingerprint density at radius 2 is 1.90 bits per heavy atom. The topological polar surface area (TPSA) is 100 Å². The van der Waals surface area contributed by atoms with E-state index in [9.17, 15) is 18.8 Å². The molecule has 7 nitrogen and oxygen atoms in total. The number of hydrogen-bond acceptors (Lipinski definition) is 6. The average Bonchev–Trinajstić information content (AvgIpc) is 3.34. The lowest BCUT2D eigenvalue weighted by atomic mass is 10.2. The fourth-order valence-corrected chi connectivity index (χ4v) is 4.04. The summed E-state index contributed by atoms with van der Waals surface area (Å²) in [4.78, 5) is 41.2. The van der Waals surface area contributed by atoms with Crippen LogP contribution in [0, 0.1) is 5.82 Å². The Kier molecular flexibility index (Phi) is 6.68. The van der Waals surface area contributed by atoms with Gasteiger partial charge in [0.2, 0.25) is 11.8 Å². The second-order valence-corrected chi connectivity index (χ2v) is 7.95. The van der Waals surface area contributed by atoms with Crippen LogP contribution in [0.1, 0.15) is 22.2 Å². The number of thiophene rings is 1. The molecule has 3 N–H and O–H groups in total. The molecular weight excluding hydrogens is 415 g/mol. The minimum Gasteiger partial charge on any atom is -0.351 e. The standard InChI is InChI=1S/C19H17FN4O3S2/c1-11(25)21-8-12-6-7-16(29-12)15-10-28-19(23-15)24-17(26)9-22-18(27)13-4-2-3-5-14(13)20/h2-7,10H,8-9H2,1H3,(H,21,25)(H,22,27)(H,23,24,26). The van der Waals surface area contributed by atoms with Crippen LogP contribution < -0.4 is 16.0 Å². The Balaban J connectivity index is 1.53. The van der Waals surface area contributed by atoms with Crippen molar-refractivity contribution in [2.45, 2.75) is 13.5 Å². The van der Waals surface area contributed by atoms with E-state index in [2.05, 4.69) is 20.9 Å². The van der Waals surface area contributed by atoms with Gasteiger partial charge in [0.15, 0.2) is 5.13 Å². The van der Waals surface area contributed by atoms with Crippen molar-refractivity contribution in [1.29, 1.82) is 0 Å². The van der Waals surface area contributed by atoms with Crippen LogP contribution in [0.2, 0.25) is 0 Å². The van der Waals surface area contributed by atoms with Crippen molar-refractivity contribution in [3.8, 4) is 10.6 Å². The molecular formula is C19H17FN4O3S2. The maximum Gasteiger partial charge on any atom is 0.254 e. The van der Waals surface area contributed by atoms with Gasteiger partial charge in [0.25, 0.3) is 5.91 Å². The molecule has 3 aromatic rings. The second-order valence-electron chi connectivity index (χ2n) is 5.92. The van der Waals surface area contributed by atoms with E-state index in [-0.39, 0.29) is 18.0 Å². The molecule has 2 aromatic heterocycles. The third kappa shape index (κ3) is 5.69. The Hall–Kier alpha value is -3.11. The normalized spacial score (nSPS) is 10.4. The lowest BCUT2D eigenvalue weighted by molar-refractivity contribution is -0.119. The van der Waals surface area contributed by atoms with Gasteiger partial charge in [-0.25, -0.2) is 9.37 Å². The molecule has 0 spiro atoms. The number of rotatable bonds is 7. The van der Waals surface area contributed by atoms with Crippen molar-refractivity contribution >= 4 is 45.5 Å². The molecule has 0 aliphatic heterocycles. The molecule has 0 saturated carbocycles. The van der Waals surface area contributed by atoms with E-state index in [1.807, 2.05) is 17.5 Å². The summed E-state index contributed by atoms with van der Waals surface area (Å²) in [5.41, 5.74) is 0.587. The number of halogens is 1. The molecule has 0 unspecified atom stereocenters. The first-order valence-corrected chi connectivity index (χ1v) is 10.2. The molecule has 0 saturated heterocycles. The summed E-state index contributed by atoms with van der Waals surface area (Å²) < 4.78 is 13.6. The number of carbonyl (C=O) groups excluding carboxylic acids is 3. The first-order chi connectivity index (χ1) is 13.9. The smallest absolute Gasteiger partial charge is 0.254 e. The van der Waals surface area contributed by atoms with Crippen molar-refractivity contribution in [3.63, 3.8) is 0 Å². The van der Waals surface area contributed by atoms with Crippen molar-refractivity contribution in [2.24, 2.45) is 0 Å². The molecule has 0 radical (unpaired) electrons. The third-order valence-corrected chi connectivity index (χ3v) is 5.57. The van der Waals surface area contributed by atoms with Gasteiger partial charge >= 0.3 is 0 Å². The van der Waals surface area contributed by atoms with Crippen molar-refractivity contribution in [3.05, 3.63) is 58.0 Å². The molecule has 10 heteroatoms. The minimum atomic E-state index is -0.664. The molecule has 3 rings (SSSR count). The number of carbonyl (C=O) groups is 3. The quantitative estimate of drug-likeness (QED) is 0.534. The molecule has 150 valence electrons. The lowest BCUT2D eigenvalue weighted by Gasteiger charge is -2.05. The predicted molar refractivity (Wildman–Crippen MR) is 110 cm³/mol. The van der Waals surface area contributed by atoms with Crippen LogP contribution in [0.15, 0.2) is 41.8 Å². The maximum atomic E-state index is 13.6. The van der Waals surface area contributed by atoms with E-state index < -0.39 is 17.6 Å². The van der Waals surface area contributed by atoms with E-state index >= 15 is 0 Å². The highest BCUT2D eigenvalue weighted by molar-refractivity contribution is 7.17. The fourth-order valence-electron chi connectivity index (χ4n) is 2.33. The zero-order valence-electron chi connectivity index (χ0n) is 15.3. The Morgan fingerprint density at radius 1 is 1.10 bits per heavy atom. The molecule has 0 aliphatic carbocycles. The van der Waals surface area contributed by atoms with Gasteiger partial charge in [-0.05, 0) is 24.3 Å². The Bertz CT molecular complexity index is 1050. The number of hydrogen-bond donors (Lipinski definition) is 3. The molecule has 29 heavy (non-hydrogen) atoms. The number of benzene rings is 1. The molecule has 1 aromatic carbocycles. The van der Waals surface area contributed by atoms with Crippen molar-refractivity contribution in [2.75, 3.05) is 11.9 Å². The van der Waals surface area contributed by atoms with E-state index in [0.29, 0.717) is 17.4 Å². The highest BCUT2D eigenvalue weighted by atomic mass is 32.1. The second kappa shape index (κ2) is 9.39. The largest absolute Gasteiger partial charge is 0.351 e. The number of nitrogens with one attached hydrogen (secondary N) is 3. The number of aromatic nitrogens is 1. The van der Waals surface area contributed by atoms with Gasteiger partial charge in [-0.15, -0.1) is 22.7 Å². The fraction of sp³-hybridized carbons (Fsp3) is 0.158. The molecule has 0 aliphatic rings. The summed E-state index contributed by atoms with van der Waals surface area (Å²) in [5.74, 6) is -1.87. The highest BCUT2D eigenvalue weighted by Gasteiger charge is 2.14. The van der Waals surface area contributed by atoms with Crippen LogP contribution >= 0.6 is 22.7 Å². The van der Waals surface area contributed by atoms with Gasteiger partial charge in [-0.1, -0.05) is 12.1 Å². The summed E-state index contributed by atoms with van der Waals surface area (Å²) >= 11 is 2.75. The van der Waals surface area contributed by atoms with Gasteiger partial charge < -0.3 is 16.0 Å². The zero-order valence-corrected chi connectivity index (χ0v) is 17.0. The van der Waals surface area contributed by atoms with Crippen LogP contribution in [0.4, 0.5) is 9.52 Å². The summed E-state index contributed by atoms with van der Waals surface area (Å²) in [7, 11) is 0. The highest BCUT2D eigenvalue weighted by Crippen LogP contribution is 2.30. The number of nitrogens with zero attached hydrogens (tertiary/aromatic N) is 1. The van der Waals surface area contributed by atoms with Gasteiger partial charge in [0.1, 0.15) is 5.82 Å². The molecule has 2 heterocycles. The average molecular weight is 433 g/mol. The number of thiazole rings is 1. The van der Waals surface area contributed by atoms with Crippen LogP contribution in [0.5, 0.6) is 0 Å². The van der Waals surface area contributed by atoms with E-state index in [4.69, 9.17) is 0 Å². The van der Waals surface area contributed by atoms with E-state index in [1.165, 1.54) is 47.8 Å². The minimum absolute atomic E-state index is 0.0966. The van der Waals surface area contributed by atoms with Gasteiger partial charge in [-0.3, -0.25) is 14.4 Å². The maximum absolute atomic E-state index is 13.6. The molecule has 0 atom stereocenters. The Morgan fingerprint density at radius 3 is 2.66 bits per heavy atom. The first-order valence-electron chi connectivity index (χ1n) is 8.54. The van der Waals surface area contributed by atoms with Crippen LogP contribution in [-0.2, 0) is 16.1 Å². The van der Waals surface area contributed by atoms with Crippen LogP contribution in [0.3, 0.4) is 0 Å². The molecule has 3 amide bonds. The SMILES string of the molecule is CC(=O)NCc1ccc(-c2csc(NC(=O)CNC(=O)c3ccccc3F)n2)s1. The monoisotopic (exact) mass is 432 g/mol. The third-order valence-electron chi connectivity index (χ3n) is 3.70. The molecule has 0 fully saturated rings. The summed E-state index contributed by atoms with van der Waals surface area (Å²) in [6.07, 6.45) is 0. The zero-order chi connectivity index (χ0) is 20.8. The van der Waals surface area contributed by atoms with Gasteiger partial charge in [0.05, 0.1) is 29.2 Å². The summed E-state index contributed by atoms with van der Waals surface area (Å²) in [6, 6.07) is 9.36. The Labute approximate surface area is 174 Å². The molecule has 0 bridgehead atoms. The van der Waals surface area contributed by atoms with Crippen molar-refractivity contribution < 1.29 is 18.8 Å². The first kappa shape index (κ1) is 20.6. The van der Waals surface area contributed by atoms with Gasteiger partial charge in [-0.2, -0.15) is 0 Å². The van der Waals surface area contributed by atoms with Crippen molar-refractivity contribution in [1.82, 2.24) is 15.6 Å². The van der Waals surface area contributed by atoms with E-state index in [0.717, 1.165) is 9.75 Å². The van der Waals surface area contributed by atoms with E-state index in [1.54, 1.807) is 6.07 Å². The summed E-state index contributed by atoms with van der Waals surface area (Å²) in [5, 5.41) is 9.92. The lowest BCUT2D eigenvalue weighted by Crippen LogP contribution is -2.33. The number of amides is 3. The van der Waals surface area contributed by atoms with Crippen LogP contribution in [0.25, 0.3) is 10.6 Å². The predicted octanol–water partition coefficient (Wildman–Crippen LogP) is 3.02. The number of anilines is 1. The summed E-state index contributed by atoms with van der Waals surface area (Å²) in [6.45, 7) is 1.61.